The van der Waals surface area contributed by atoms with Crippen molar-refractivity contribution >= 4 is 49.3 Å². The topological polar surface area (TPSA) is 89.6 Å². The average molecular weight is 1150 g/mol. The van der Waals surface area contributed by atoms with E-state index in [9.17, 15) is 5.26 Å². The second-order valence-corrected chi connectivity index (χ2v) is 22.3. The molecule has 0 amide bonds. The summed E-state index contributed by atoms with van der Waals surface area (Å²) < 4.78 is 4.63. The fraction of sp³-hybridized carbons (Fsp3) is 0. The number of hydrogen-bond donors (Lipinski definition) is 0. The molecule has 0 unspecified atom stereocenters. The minimum absolute atomic E-state index is 0.466. The summed E-state index contributed by atoms with van der Waals surface area (Å²) >= 11 is 0. The maximum Gasteiger partial charge on any atom is 0.187 e. The first-order valence-electron chi connectivity index (χ1n) is 29.8. The van der Waals surface area contributed by atoms with Gasteiger partial charge < -0.3 is 9.13 Å². The number of aromatic nitrogens is 6. The van der Waals surface area contributed by atoms with E-state index >= 15 is 0 Å². The molecule has 0 spiro atoms. The molecule has 0 saturated carbocycles. The van der Waals surface area contributed by atoms with Crippen LogP contribution in [0, 0.1) is 17.9 Å². The molecule has 0 N–H and O–H groups in total. The van der Waals surface area contributed by atoms with Gasteiger partial charge in [-0.25, -0.2) is 4.85 Å². The van der Waals surface area contributed by atoms with Gasteiger partial charge in [-0.15, -0.1) is 0 Å². The second kappa shape index (κ2) is 22.3. The lowest BCUT2D eigenvalue weighted by Gasteiger charge is -2.21. The minimum atomic E-state index is 0.466. The Kier molecular flexibility index (Phi) is 13.1. The summed E-state index contributed by atoms with van der Waals surface area (Å²) in [6, 6.07) is 99.1. The highest BCUT2D eigenvalue weighted by molar-refractivity contribution is 6.15. The van der Waals surface area contributed by atoms with E-state index in [-0.39, 0.29) is 0 Å². The Morgan fingerprint density at radius 3 is 0.911 bits per heavy atom. The molecule has 0 aliphatic heterocycles. The number of rotatable bonds is 11. The molecule has 0 fully saturated rings. The summed E-state index contributed by atoms with van der Waals surface area (Å²) in [7, 11) is 0. The maximum absolute atomic E-state index is 11.5. The van der Waals surface area contributed by atoms with E-state index in [0.29, 0.717) is 11.3 Å². The van der Waals surface area contributed by atoms with E-state index in [0.717, 1.165) is 156 Å². The van der Waals surface area contributed by atoms with E-state index in [1.54, 1.807) is 0 Å². The number of nitrogens with zero attached hydrogens (tertiary/aromatic N) is 8. The van der Waals surface area contributed by atoms with Gasteiger partial charge in [-0.05, 0) is 119 Å². The molecule has 0 radical (unpaired) electrons. The molecule has 6 heterocycles. The minimum Gasteiger partial charge on any atom is -0.308 e. The van der Waals surface area contributed by atoms with Gasteiger partial charge in [0.15, 0.2) is 5.69 Å². The normalized spacial score (nSPS) is 11.3. The van der Waals surface area contributed by atoms with Gasteiger partial charge in [0.05, 0.1) is 74.4 Å². The molecule has 0 saturated heterocycles. The molecule has 10 aromatic carbocycles. The summed E-state index contributed by atoms with van der Waals surface area (Å²) in [4.78, 5) is 23.9. The highest BCUT2D eigenvalue weighted by atomic mass is 15.0. The van der Waals surface area contributed by atoms with E-state index in [1.807, 2.05) is 152 Å². The molecule has 0 bridgehead atoms. The van der Waals surface area contributed by atoms with Gasteiger partial charge in [-0.3, -0.25) is 19.9 Å². The fourth-order valence-electron chi connectivity index (χ4n) is 13.1. The Bertz CT molecular complexity index is 4970. The van der Waals surface area contributed by atoms with Crippen molar-refractivity contribution in [3.8, 4) is 118 Å². The first-order valence-corrected chi connectivity index (χ1v) is 29.8. The fourth-order valence-corrected chi connectivity index (χ4v) is 13.1. The van der Waals surface area contributed by atoms with E-state index in [2.05, 4.69) is 172 Å². The van der Waals surface area contributed by atoms with Crippen molar-refractivity contribution in [1.29, 1.82) is 5.26 Å². The van der Waals surface area contributed by atoms with Crippen molar-refractivity contribution in [3.63, 3.8) is 0 Å². The van der Waals surface area contributed by atoms with Gasteiger partial charge in [0.1, 0.15) is 0 Å². The number of nitriles is 1. The molecular weight excluding hydrogens is 1100 g/mol. The Labute approximate surface area is 519 Å². The highest BCUT2D eigenvalue weighted by Crippen LogP contribution is 2.47. The Morgan fingerprint density at radius 2 is 0.611 bits per heavy atom. The molecule has 0 atom stereocenters. The Balaban J connectivity index is 0.996. The van der Waals surface area contributed by atoms with Crippen LogP contribution >= 0.6 is 0 Å². The first kappa shape index (κ1) is 52.9. The lowest BCUT2D eigenvalue weighted by molar-refractivity contribution is 1.13. The van der Waals surface area contributed by atoms with E-state index in [1.165, 1.54) is 0 Å². The van der Waals surface area contributed by atoms with Crippen molar-refractivity contribution in [2.75, 3.05) is 0 Å². The molecular formula is C82H50N8. The van der Waals surface area contributed by atoms with Crippen LogP contribution in [0.1, 0.15) is 5.56 Å². The van der Waals surface area contributed by atoms with Gasteiger partial charge >= 0.3 is 0 Å². The van der Waals surface area contributed by atoms with Crippen molar-refractivity contribution in [1.82, 2.24) is 29.1 Å². The zero-order chi connectivity index (χ0) is 60.1. The zero-order valence-corrected chi connectivity index (χ0v) is 48.4. The van der Waals surface area contributed by atoms with Crippen molar-refractivity contribution in [2.45, 2.75) is 0 Å². The smallest absolute Gasteiger partial charge is 0.187 e. The van der Waals surface area contributed by atoms with Crippen LogP contribution in [0.25, 0.3) is 160 Å². The van der Waals surface area contributed by atoms with Crippen LogP contribution in [0.2, 0.25) is 0 Å². The first-order chi connectivity index (χ1) is 44.6. The van der Waals surface area contributed by atoms with Crippen LogP contribution in [-0.4, -0.2) is 29.1 Å². The lowest BCUT2D eigenvalue weighted by atomic mass is 9.96. The Hall–Kier alpha value is -12.6. The van der Waals surface area contributed by atoms with Crippen LogP contribution in [0.4, 0.5) is 5.69 Å². The molecule has 0 aliphatic rings. The summed E-state index contributed by atoms with van der Waals surface area (Å²) in [5.74, 6) is 0. The van der Waals surface area contributed by atoms with Gasteiger partial charge in [0.2, 0.25) is 0 Å². The third kappa shape index (κ3) is 9.16. The predicted molar refractivity (Wildman–Crippen MR) is 366 cm³/mol. The summed E-state index contributed by atoms with van der Waals surface area (Å²) in [5.41, 5.74) is 23.6. The molecule has 8 heteroatoms. The van der Waals surface area contributed by atoms with Crippen LogP contribution in [0.5, 0.6) is 0 Å². The van der Waals surface area contributed by atoms with Gasteiger partial charge in [-0.1, -0.05) is 188 Å². The predicted octanol–water partition coefficient (Wildman–Crippen LogP) is 20.9. The van der Waals surface area contributed by atoms with Gasteiger partial charge in [-0.2, -0.15) is 5.26 Å². The number of fused-ring (bicyclic) bond motifs is 6. The second-order valence-electron chi connectivity index (χ2n) is 22.3. The monoisotopic (exact) mass is 1150 g/mol. The van der Waals surface area contributed by atoms with Crippen LogP contribution < -0.4 is 0 Å². The lowest BCUT2D eigenvalue weighted by Crippen LogP contribution is -2.05. The Morgan fingerprint density at radius 1 is 0.300 bits per heavy atom. The SMILES string of the molecule is [C-]#[N+]c1cccc(-c2c(-n3c4ccc(-c5cccnc5-c5ccccc5)cc4c4cc(-c5cccnc5-c5ccccc5)ccc43)cc(C#N)cc2-n2c3ccc(-c4cccnc4-c4ccccc4)cc3c3cc(-c4cccnc4-c4ccccc4)ccc32)c1. The molecule has 6 aromatic heterocycles. The van der Waals surface area contributed by atoms with Crippen LogP contribution in [0.3, 0.4) is 0 Å². The third-order valence-electron chi connectivity index (χ3n) is 17.2. The number of pyridine rings is 4. The average Bonchev–Trinajstić information content (AvgIpc) is 1.79. The van der Waals surface area contributed by atoms with Crippen molar-refractivity contribution < 1.29 is 0 Å². The third-order valence-corrected chi connectivity index (χ3v) is 17.2. The molecule has 16 rings (SSSR count). The van der Waals surface area contributed by atoms with Crippen LogP contribution in [-0.2, 0) is 0 Å². The standard InChI is InChI=1S/C82H50N8/c1-84-63-28-14-27-62(47-63)78-76(89-72-37-33-58(64-29-15-41-85-79(64)54-19-6-2-7-20-54)48-68(72)69-49-59(34-38-73(69)89)65-30-16-42-86-80(65)55-21-8-3-9-22-55)45-53(52-83)46-77(78)90-74-39-35-60(66-31-17-43-87-81(66)56-23-10-4-11-24-56)50-70(74)71-51-61(36-40-75(71)90)67-32-18-44-88-82(67)57-25-12-5-13-26-57/h2-51H. The van der Waals surface area contributed by atoms with Gasteiger partial charge in [0, 0.05) is 96.4 Å². The molecule has 418 valence electrons. The quantitative estimate of drug-likeness (QED) is 0.120. The number of benzene rings is 10. The number of hydrogen-bond acceptors (Lipinski definition) is 5. The molecule has 8 nitrogen and oxygen atoms in total. The largest absolute Gasteiger partial charge is 0.308 e. The zero-order valence-electron chi connectivity index (χ0n) is 48.4. The summed E-state index contributed by atoms with van der Waals surface area (Å²) in [5, 5.41) is 15.5. The van der Waals surface area contributed by atoms with Gasteiger partial charge in [0.25, 0.3) is 0 Å². The maximum atomic E-state index is 11.5. The molecule has 0 aliphatic carbocycles. The highest BCUT2D eigenvalue weighted by Gasteiger charge is 2.26. The van der Waals surface area contributed by atoms with E-state index in [4.69, 9.17) is 26.5 Å². The van der Waals surface area contributed by atoms with Crippen LogP contribution in [0.15, 0.2) is 304 Å². The summed E-state index contributed by atoms with van der Waals surface area (Å²) in [6.07, 6.45) is 7.41. The van der Waals surface area contributed by atoms with Crippen molar-refractivity contribution in [2.24, 2.45) is 0 Å². The summed E-state index contributed by atoms with van der Waals surface area (Å²) in [6.45, 7) is 8.38. The van der Waals surface area contributed by atoms with E-state index < -0.39 is 0 Å². The molecule has 90 heavy (non-hydrogen) atoms. The van der Waals surface area contributed by atoms with Crippen molar-refractivity contribution in [3.05, 3.63) is 321 Å². The molecule has 16 aromatic rings.